The van der Waals surface area contributed by atoms with Crippen LogP contribution in [-0.2, 0) is 11.8 Å². The van der Waals surface area contributed by atoms with Crippen LogP contribution in [0.2, 0.25) is 0 Å². The lowest BCUT2D eigenvalue weighted by molar-refractivity contribution is -0.0893. The minimum absolute atomic E-state index is 0.209. The monoisotopic (exact) mass is 317 g/mol. The summed E-state index contributed by atoms with van der Waals surface area (Å²) in [5.41, 5.74) is 1.68. The van der Waals surface area contributed by atoms with Crippen molar-refractivity contribution < 1.29 is 4.74 Å². The first-order valence-corrected chi connectivity index (χ1v) is 9.42. The third kappa shape index (κ3) is 2.54. The third-order valence-corrected chi connectivity index (χ3v) is 6.97. The van der Waals surface area contributed by atoms with Crippen molar-refractivity contribution in [1.29, 1.82) is 0 Å². The van der Waals surface area contributed by atoms with Gasteiger partial charge in [0.15, 0.2) is 0 Å². The predicted molar refractivity (Wildman–Crippen MR) is 91.0 cm³/mol. The molecule has 0 aromatic carbocycles. The second kappa shape index (κ2) is 5.89. The van der Waals surface area contributed by atoms with Crippen LogP contribution in [0.3, 0.4) is 0 Å². The normalized spacial score (nSPS) is 39.0. The first-order chi connectivity index (χ1) is 11.1. The number of aromatic nitrogens is 2. The number of fused-ring (bicyclic) bond motifs is 1. The molecule has 0 amide bonds. The Hall–Kier alpha value is -0.870. The van der Waals surface area contributed by atoms with Gasteiger partial charge < -0.3 is 10.1 Å². The Morgan fingerprint density at radius 3 is 2.91 bits per heavy atom. The molecule has 5 atom stereocenters. The summed E-state index contributed by atoms with van der Waals surface area (Å²) in [5.74, 6) is 2.43. The predicted octanol–water partition coefficient (Wildman–Crippen LogP) is 3.30. The van der Waals surface area contributed by atoms with Gasteiger partial charge in [-0.15, -0.1) is 0 Å². The molecule has 4 heteroatoms. The molecule has 0 unspecified atom stereocenters. The molecule has 2 aliphatic carbocycles. The third-order valence-electron chi connectivity index (χ3n) is 6.97. The summed E-state index contributed by atoms with van der Waals surface area (Å²) in [7, 11) is 2.02. The van der Waals surface area contributed by atoms with Crippen molar-refractivity contribution in [2.45, 2.75) is 58.1 Å². The van der Waals surface area contributed by atoms with Gasteiger partial charge in [0.25, 0.3) is 0 Å². The summed E-state index contributed by atoms with van der Waals surface area (Å²) in [6, 6.07) is 2.80. The van der Waals surface area contributed by atoms with E-state index in [2.05, 4.69) is 30.3 Å². The second-order valence-corrected chi connectivity index (χ2v) is 8.48. The number of aryl methyl sites for hydroxylation is 1. The number of ether oxygens (including phenoxy) is 1. The molecule has 1 N–H and O–H groups in total. The molecule has 3 aliphatic rings. The summed E-state index contributed by atoms with van der Waals surface area (Å²) >= 11 is 0. The maximum absolute atomic E-state index is 6.03. The van der Waals surface area contributed by atoms with Crippen molar-refractivity contribution in [3.63, 3.8) is 0 Å². The Kier molecular flexibility index (Phi) is 4.01. The van der Waals surface area contributed by atoms with Crippen LogP contribution < -0.4 is 5.32 Å². The highest BCUT2D eigenvalue weighted by Crippen LogP contribution is 2.57. The minimum atomic E-state index is 0.209. The Labute approximate surface area is 140 Å². The maximum atomic E-state index is 6.03. The molecule has 0 spiro atoms. The molecule has 2 heterocycles. The first kappa shape index (κ1) is 15.6. The highest BCUT2D eigenvalue weighted by molar-refractivity contribution is 5.10. The molecular weight excluding hydrogens is 286 g/mol. The van der Waals surface area contributed by atoms with E-state index in [-0.39, 0.29) is 6.10 Å². The molecule has 1 saturated heterocycles. The lowest BCUT2D eigenvalue weighted by Gasteiger charge is -2.61. The van der Waals surface area contributed by atoms with Crippen molar-refractivity contribution >= 4 is 0 Å². The van der Waals surface area contributed by atoms with E-state index in [9.17, 15) is 0 Å². The van der Waals surface area contributed by atoms with Crippen molar-refractivity contribution in [3.05, 3.63) is 18.0 Å². The molecule has 0 bridgehead atoms. The molecule has 1 aromatic heterocycles. The van der Waals surface area contributed by atoms with Crippen LogP contribution in [0.1, 0.15) is 57.7 Å². The highest BCUT2D eigenvalue weighted by atomic mass is 16.5. The van der Waals surface area contributed by atoms with Gasteiger partial charge in [-0.3, -0.25) is 4.68 Å². The molecule has 1 aliphatic heterocycles. The van der Waals surface area contributed by atoms with Gasteiger partial charge in [0, 0.05) is 38.4 Å². The zero-order valence-electron chi connectivity index (χ0n) is 14.8. The zero-order chi connectivity index (χ0) is 16.0. The van der Waals surface area contributed by atoms with E-state index in [1.165, 1.54) is 31.4 Å². The van der Waals surface area contributed by atoms with E-state index >= 15 is 0 Å². The standard InChI is InChI=1S/C19H31N3O/c1-19(2)15-7-5-4-6-14(15)18(19)20-12-13-9-11-23-17(13)16-8-10-21-22(16)3/h8,10,13-15,17-18,20H,4-7,9,11-12H2,1-3H3/t13-,14+,15-,17+,18+/m0/s1. The minimum Gasteiger partial charge on any atom is -0.372 e. The topological polar surface area (TPSA) is 39.1 Å². The quantitative estimate of drug-likeness (QED) is 0.926. The van der Waals surface area contributed by atoms with Gasteiger partial charge in [-0.1, -0.05) is 26.7 Å². The zero-order valence-corrected chi connectivity index (χ0v) is 14.8. The van der Waals surface area contributed by atoms with Gasteiger partial charge in [0.2, 0.25) is 0 Å². The van der Waals surface area contributed by atoms with Gasteiger partial charge in [-0.2, -0.15) is 5.10 Å². The molecular formula is C19H31N3O. The van der Waals surface area contributed by atoms with Crippen LogP contribution in [0.25, 0.3) is 0 Å². The first-order valence-electron chi connectivity index (χ1n) is 9.42. The number of nitrogens with zero attached hydrogens (tertiary/aromatic N) is 2. The van der Waals surface area contributed by atoms with Crippen LogP contribution in [0, 0.1) is 23.2 Å². The number of hydrogen-bond acceptors (Lipinski definition) is 3. The highest BCUT2D eigenvalue weighted by Gasteiger charge is 2.56. The van der Waals surface area contributed by atoms with Crippen LogP contribution in [-0.4, -0.2) is 29.0 Å². The fraction of sp³-hybridized carbons (Fsp3) is 0.842. The molecule has 128 valence electrons. The Bertz CT molecular complexity index is 553. The van der Waals surface area contributed by atoms with E-state index in [1.54, 1.807) is 0 Å². The maximum Gasteiger partial charge on any atom is 0.103 e. The van der Waals surface area contributed by atoms with Gasteiger partial charge in [-0.05, 0) is 42.6 Å². The Morgan fingerprint density at radius 2 is 2.13 bits per heavy atom. The van der Waals surface area contributed by atoms with Crippen LogP contribution in [0.4, 0.5) is 0 Å². The summed E-state index contributed by atoms with van der Waals surface area (Å²) in [5, 5.41) is 8.26. The van der Waals surface area contributed by atoms with Crippen LogP contribution in [0.5, 0.6) is 0 Å². The molecule has 4 rings (SSSR count). The summed E-state index contributed by atoms with van der Waals surface area (Å²) in [6.45, 7) is 6.90. The molecule has 2 saturated carbocycles. The fourth-order valence-corrected chi connectivity index (χ4v) is 5.67. The summed E-state index contributed by atoms with van der Waals surface area (Å²) < 4.78 is 8.00. The number of rotatable bonds is 4. The molecule has 1 aromatic rings. The lowest BCUT2D eigenvalue weighted by atomic mass is 9.47. The van der Waals surface area contributed by atoms with Crippen molar-refractivity contribution in [2.75, 3.05) is 13.2 Å². The fourth-order valence-electron chi connectivity index (χ4n) is 5.67. The van der Waals surface area contributed by atoms with E-state index in [4.69, 9.17) is 4.74 Å². The van der Waals surface area contributed by atoms with E-state index in [1.807, 2.05) is 17.9 Å². The molecule has 3 fully saturated rings. The van der Waals surface area contributed by atoms with Crippen molar-refractivity contribution in [1.82, 2.24) is 15.1 Å². The number of hydrogen-bond donors (Lipinski definition) is 1. The molecule has 0 radical (unpaired) electrons. The average molecular weight is 317 g/mol. The van der Waals surface area contributed by atoms with Crippen LogP contribution in [0.15, 0.2) is 12.3 Å². The summed E-state index contributed by atoms with van der Waals surface area (Å²) in [6.07, 6.45) is 8.99. The van der Waals surface area contributed by atoms with Gasteiger partial charge in [-0.25, -0.2) is 0 Å². The van der Waals surface area contributed by atoms with E-state index in [0.717, 1.165) is 31.4 Å². The van der Waals surface area contributed by atoms with Crippen molar-refractivity contribution in [2.24, 2.45) is 30.2 Å². The van der Waals surface area contributed by atoms with Gasteiger partial charge in [0.1, 0.15) is 6.10 Å². The number of nitrogens with one attached hydrogen (secondary N) is 1. The van der Waals surface area contributed by atoms with E-state index in [0.29, 0.717) is 17.4 Å². The van der Waals surface area contributed by atoms with Crippen LogP contribution >= 0.6 is 0 Å². The SMILES string of the molecule is Cn1nccc1[C@@H]1OCC[C@H]1CN[C@@H]1[C@@H]2CCCC[C@@H]2C1(C)C. The van der Waals surface area contributed by atoms with Gasteiger partial charge >= 0.3 is 0 Å². The summed E-state index contributed by atoms with van der Waals surface area (Å²) in [4.78, 5) is 0. The largest absolute Gasteiger partial charge is 0.372 e. The molecule has 4 nitrogen and oxygen atoms in total. The van der Waals surface area contributed by atoms with Crippen molar-refractivity contribution in [3.8, 4) is 0 Å². The smallest absolute Gasteiger partial charge is 0.103 e. The Balaban J connectivity index is 1.40. The van der Waals surface area contributed by atoms with E-state index < -0.39 is 0 Å². The Morgan fingerprint density at radius 1 is 1.30 bits per heavy atom. The van der Waals surface area contributed by atoms with Gasteiger partial charge in [0.05, 0.1) is 5.69 Å². The second-order valence-electron chi connectivity index (χ2n) is 8.48. The molecule has 23 heavy (non-hydrogen) atoms. The average Bonchev–Trinajstić information content (AvgIpc) is 3.15. The lowest BCUT2D eigenvalue weighted by Crippen LogP contribution is -2.65.